The van der Waals surface area contributed by atoms with Crippen LogP contribution in [0.3, 0.4) is 0 Å². The first kappa shape index (κ1) is 27.7. The average molecular weight is 574 g/mol. The van der Waals surface area contributed by atoms with Crippen molar-refractivity contribution in [2.75, 3.05) is 4.90 Å². The second kappa shape index (κ2) is 11.3. The predicted molar refractivity (Wildman–Crippen MR) is 157 cm³/mol. The molecule has 1 aliphatic heterocycles. The van der Waals surface area contributed by atoms with E-state index in [0.29, 0.717) is 32.7 Å². The van der Waals surface area contributed by atoms with Crippen molar-refractivity contribution < 1.29 is 19.1 Å². The van der Waals surface area contributed by atoms with E-state index in [4.69, 9.17) is 0 Å². The Kier molecular flexibility index (Phi) is 7.87. The average Bonchev–Trinajstić information content (AvgIpc) is 3.51. The van der Waals surface area contributed by atoms with Gasteiger partial charge in [0.2, 0.25) is 5.13 Å². The van der Waals surface area contributed by atoms with Crippen LogP contribution in [0.2, 0.25) is 0 Å². The van der Waals surface area contributed by atoms with Crippen LogP contribution in [0.15, 0.2) is 76.6 Å². The van der Waals surface area contributed by atoms with E-state index in [0.717, 1.165) is 28.0 Å². The van der Waals surface area contributed by atoms with Crippen LogP contribution in [0, 0.1) is 19.7 Å². The van der Waals surface area contributed by atoms with E-state index in [1.54, 1.807) is 24.3 Å². The number of anilines is 1. The monoisotopic (exact) mass is 573 g/mol. The van der Waals surface area contributed by atoms with Crippen LogP contribution in [0.25, 0.3) is 5.76 Å². The van der Waals surface area contributed by atoms with Gasteiger partial charge in [-0.15, -0.1) is 10.2 Å². The molecule has 0 radical (unpaired) electrons. The van der Waals surface area contributed by atoms with Crippen molar-refractivity contribution in [2.24, 2.45) is 0 Å². The molecule has 3 aromatic carbocycles. The lowest BCUT2D eigenvalue weighted by molar-refractivity contribution is -0.132. The lowest BCUT2D eigenvalue weighted by Crippen LogP contribution is -2.29. The highest BCUT2D eigenvalue weighted by molar-refractivity contribution is 8.00. The second-order valence-corrected chi connectivity index (χ2v) is 12.2. The maximum absolute atomic E-state index is 14.1. The van der Waals surface area contributed by atoms with Gasteiger partial charge >= 0.3 is 5.91 Å². The van der Waals surface area contributed by atoms with E-state index < -0.39 is 17.7 Å². The molecule has 0 bridgehead atoms. The Bertz CT molecular complexity index is 1630. The highest BCUT2D eigenvalue weighted by atomic mass is 32.2. The highest BCUT2D eigenvalue weighted by Crippen LogP contribution is 2.44. The number of amides is 1. The van der Waals surface area contributed by atoms with E-state index in [2.05, 4.69) is 24.0 Å². The molecule has 1 aromatic heterocycles. The fraction of sp³-hybridized carbons (Fsp3) is 0.226. The zero-order chi connectivity index (χ0) is 28.6. The molecule has 9 heteroatoms. The van der Waals surface area contributed by atoms with Crippen molar-refractivity contribution in [2.45, 2.75) is 49.7 Å². The Hall–Kier alpha value is -3.82. The zero-order valence-electron chi connectivity index (χ0n) is 22.5. The minimum atomic E-state index is -0.890. The van der Waals surface area contributed by atoms with E-state index in [1.165, 1.54) is 22.7 Å². The number of benzene rings is 3. The maximum Gasteiger partial charge on any atom is 0.301 e. The Morgan fingerprint density at radius 2 is 1.77 bits per heavy atom. The number of Topliss-reactive ketones (excluding diaryl/α,β-unsaturated/α-hetero) is 1. The summed E-state index contributed by atoms with van der Waals surface area (Å²) in [6, 6.07) is 18.9. The Morgan fingerprint density at radius 3 is 2.48 bits per heavy atom. The summed E-state index contributed by atoms with van der Waals surface area (Å²) in [7, 11) is 0. The lowest BCUT2D eigenvalue weighted by atomic mass is 9.92. The molecule has 1 amide bonds. The SMILES string of the molecule is Cc1ccc(C)c(C(O)=C2C(=O)C(=O)N(c3nnc(SCc4ccccc4F)s3)C2c2ccc(C(C)C)cc2)c1. The summed E-state index contributed by atoms with van der Waals surface area (Å²) in [5.74, 6) is -1.46. The maximum atomic E-state index is 14.1. The summed E-state index contributed by atoms with van der Waals surface area (Å²) >= 11 is 2.45. The van der Waals surface area contributed by atoms with Gasteiger partial charge < -0.3 is 5.11 Å². The first-order valence-corrected chi connectivity index (χ1v) is 14.6. The van der Waals surface area contributed by atoms with Gasteiger partial charge in [-0.1, -0.05) is 97.1 Å². The molecule has 1 N–H and O–H groups in total. The molecular weight excluding hydrogens is 545 g/mol. The molecule has 1 fully saturated rings. The van der Waals surface area contributed by atoms with Crippen LogP contribution >= 0.6 is 23.1 Å². The van der Waals surface area contributed by atoms with Crippen molar-refractivity contribution >= 4 is 45.7 Å². The van der Waals surface area contributed by atoms with Gasteiger partial charge in [0.25, 0.3) is 5.78 Å². The summed E-state index contributed by atoms with van der Waals surface area (Å²) in [6.45, 7) is 7.92. The number of aromatic nitrogens is 2. The number of halogens is 1. The van der Waals surface area contributed by atoms with Crippen LogP contribution in [-0.4, -0.2) is 27.0 Å². The molecule has 1 unspecified atom stereocenters. The number of nitrogens with zero attached hydrogens (tertiary/aromatic N) is 3. The number of aryl methyl sites for hydroxylation is 2. The molecule has 1 saturated heterocycles. The predicted octanol–water partition coefficient (Wildman–Crippen LogP) is 7.34. The van der Waals surface area contributed by atoms with Crippen molar-refractivity contribution in [3.05, 3.63) is 112 Å². The summed E-state index contributed by atoms with van der Waals surface area (Å²) in [6.07, 6.45) is 0. The van der Waals surface area contributed by atoms with Crippen molar-refractivity contribution in [3.63, 3.8) is 0 Å². The molecule has 1 atom stereocenters. The van der Waals surface area contributed by atoms with Crippen LogP contribution in [0.5, 0.6) is 0 Å². The molecule has 6 nitrogen and oxygen atoms in total. The van der Waals surface area contributed by atoms with Crippen LogP contribution in [-0.2, 0) is 15.3 Å². The standard InChI is InChI=1S/C31H28FN3O3S2/c1-17(2)20-11-13-21(14-12-20)26-25(27(36)23-15-18(3)9-10-19(23)4)28(37)29(38)35(26)30-33-34-31(40-30)39-16-22-7-5-6-8-24(22)32/h5-15,17,26,36H,16H2,1-4H3. The Labute approximate surface area is 240 Å². The van der Waals surface area contributed by atoms with Gasteiger partial charge in [0.1, 0.15) is 11.6 Å². The number of aliphatic hydroxyl groups excluding tert-OH is 1. The van der Waals surface area contributed by atoms with Gasteiger partial charge in [0.15, 0.2) is 4.34 Å². The number of carbonyl (C=O) groups excluding carboxylic acids is 2. The third kappa shape index (κ3) is 5.31. The lowest BCUT2D eigenvalue weighted by Gasteiger charge is -2.23. The number of aliphatic hydroxyl groups is 1. The number of hydrogen-bond acceptors (Lipinski definition) is 7. The van der Waals surface area contributed by atoms with Crippen LogP contribution in [0.4, 0.5) is 9.52 Å². The molecule has 5 rings (SSSR count). The molecule has 0 saturated carbocycles. The summed E-state index contributed by atoms with van der Waals surface area (Å²) in [5, 5.41) is 20.2. The first-order chi connectivity index (χ1) is 19.2. The first-order valence-electron chi connectivity index (χ1n) is 12.8. The third-order valence-electron chi connectivity index (χ3n) is 6.92. The fourth-order valence-electron chi connectivity index (χ4n) is 4.66. The van der Waals surface area contributed by atoms with Crippen LogP contribution in [0.1, 0.15) is 59.2 Å². The number of hydrogen-bond donors (Lipinski definition) is 1. The third-order valence-corrected chi connectivity index (χ3v) is 9.03. The highest BCUT2D eigenvalue weighted by Gasteiger charge is 2.48. The summed E-state index contributed by atoms with van der Waals surface area (Å²) in [5.41, 5.74) is 4.52. The van der Waals surface area contributed by atoms with Gasteiger partial charge in [-0.25, -0.2) is 4.39 Å². The zero-order valence-corrected chi connectivity index (χ0v) is 24.1. The molecule has 0 spiro atoms. The molecule has 4 aromatic rings. The fourth-order valence-corrected chi connectivity index (χ4v) is 6.51. The topological polar surface area (TPSA) is 83.4 Å². The summed E-state index contributed by atoms with van der Waals surface area (Å²) in [4.78, 5) is 28.3. The van der Waals surface area contributed by atoms with Gasteiger partial charge in [0, 0.05) is 11.3 Å². The smallest absolute Gasteiger partial charge is 0.301 e. The Balaban J connectivity index is 1.58. The molecule has 0 aliphatic carbocycles. The van der Waals surface area contributed by atoms with Crippen molar-refractivity contribution in [1.82, 2.24) is 10.2 Å². The molecular formula is C31H28FN3O3S2. The molecule has 2 heterocycles. The Morgan fingerprint density at radius 1 is 1.05 bits per heavy atom. The normalized spacial score (nSPS) is 16.8. The van der Waals surface area contributed by atoms with Gasteiger partial charge in [-0.05, 0) is 54.2 Å². The molecule has 1 aliphatic rings. The largest absolute Gasteiger partial charge is 0.507 e. The van der Waals surface area contributed by atoms with Gasteiger partial charge in [-0.2, -0.15) is 0 Å². The van der Waals surface area contributed by atoms with Crippen LogP contribution < -0.4 is 4.90 Å². The number of thioether (sulfide) groups is 1. The number of ketones is 1. The molecule has 204 valence electrons. The second-order valence-electron chi connectivity index (χ2n) is 10.0. The number of rotatable bonds is 7. The van der Waals surface area contributed by atoms with Crippen molar-refractivity contribution in [1.29, 1.82) is 0 Å². The van der Waals surface area contributed by atoms with Crippen molar-refractivity contribution in [3.8, 4) is 0 Å². The van der Waals surface area contributed by atoms with E-state index in [1.807, 2.05) is 50.2 Å². The van der Waals surface area contributed by atoms with Gasteiger partial charge in [-0.3, -0.25) is 14.5 Å². The van der Waals surface area contributed by atoms with E-state index in [-0.39, 0.29) is 22.3 Å². The molecule has 40 heavy (non-hydrogen) atoms. The minimum Gasteiger partial charge on any atom is -0.507 e. The summed E-state index contributed by atoms with van der Waals surface area (Å²) < 4.78 is 14.6. The number of carbonyl (C=O) groups is 2. The van der Waals surface area contributed by atoms with E-state index >= 15 is 0 Å². The quantitative estimate of drug-likeness (QED) is 0.0819. The van der Waals surface area contributed by atoms with Gasteiger partial charge in [0.05, 0.1) is 11.6 Å². The minimum absolute atomic E-state index is 0.00626. The van der Waals surface area contributed by atoms with E-state index in [9.17, 15) is 19.1 Å².